The maximum absolute atomic E-state index is 13.8. The number of rotatable bonds is 8. The van der Waals surface area contributed by atoms with Gasteiger partial charge in [0.1, 0.15) is 11.9 Å². The number of aliphatic hydroxyl groups is 2. The molecule has 0 spiro atoms. The van der Waals surface area contributed by atoms with E-state index >= 15 is 0 Å². The molecule has 214 valence electrons. The average molecular weight is 553 g/mol. The lowest BCUT2D eigenvalue weighted by molar-refractivity contribution is -0.371. The van der Waals surface area contributed by atoms with Crippen molar-refractivity contribution in [2.75, 3.05) is 0 Å². The van der Waals surface area contributed by atoms with Gasteiger partial charge in [0.05, 0.1) is 6.10 Å². The summed E-state index contributed by atoms with van der Waals surface area (Å²) >= 11 is 0. The molecule has 1 unspecified atom stereocenters. The van der Waals surface area contributed by atoms with E-state index in [-0.39, 0.29) is 41.8 Å². The van der Waals surface area contributed by atoms with Crippen molar-refractivity contribution in [1.82, 2.24) is 0 Å². The van der Waals surface area contributed by atoms with Crippen LogP contribution in [0, 0.1) is 22.7 Å². The number of halogens is 7. The number of allylic oxidation sites excluding steroid dienone is 1. The lowest BCUT2D eigenvalue weighted by Crippen LogP contribution is -2.57. The highest BCUT2D eigenvalue weighted by atomic mass is 19.4. The predicted octanol–water partition coefficient (Wildman–Crippen LogP) is 7.15. The molecule has 3 aliphatic rings. The Morgan fingerprint density at radius 3 is 2.42 bits per heavy atom. The fraction of sp³-hybridized carbons (Fsp3) is 0.714. The largest absolute Gasteiger partial charge is 0.508 e. The zero-order valence-corrected chi connectivity index (χ0v) is 21.3. The highest BCUT2D eigenvalue weighted by Crippen LogP contribution is 2.69. The van der Waals surface area contributed by atoms with Crippen LogP contribution >= 0.6 is 0 Å². The van der Waals surface area contributed by atoms with E-state index in [9.17, 15) is 46.1 Å². The minimum atomic E-state index is -6.48. The van der Waals surface area contributed by atoms with Crippen molar-refractivity contribution in [3.8, 4) is 5.75 Å². The highest BCUT2D eigenvalue weighted by molar-refractivity contribution is 5.43. The fourth-order valence-electron chi connectivity index (χ4n) is 8.02. The summed E-state index contributed by atoms with van der Waals surface area (Å²) in [5.41, 5.74) is 1.30. The van der Waals surface area contributed by atoms with Crippen molar-refractivity contribution >= 4 is 0 Å². The van der Waals surface area contributed by atoms with Crippen molar-refractivity contribution < 1.29 is 46.1 Å². The Morgan fingerprint density at radius 1 is 1.11 bits per heavy atom. The van der Waals surface area contributed by atoms with Gasteiger partial charge in [-0.3, -0.25) is 0 Å². The first-order chi connectivity index (χ1) is 17.5. The quantitative estimate of drug-likeness (QED) is 0.182. The second-order valence-corrected chi connectivity index (χ2v) is 11.8. The molecule has 10 heteroatoms. The molecule has 38 heavy (non-hydrogen) atoms. The molecular weight excluding hydrogens is 517 g/mol. The second-order valence-electron chi connectivity index (χ2n) is 11.8. The molecule has 0 aliphatic heterocycles. The molecular formula is C28H35F7O3. The molecule has 4 rings (SSSR count). The molecule has 0 amide bonds. The molecule has 0 heterocycles. The molecule has 0 aromatic heterocycles. The third kappa shape index (κ3) is 4.34. The number of hydrogen-bond donors (Lipinski definition) is 3. The lowest BCUT2D eigenvalue weighted by atomic mass is 9.44. The van der Waals surface area contributed by atoms with E-state index in [0.717, 1.165) is 30.4 Å². The first-order valence-electron chi connectivity index (χ1n) is 13.2. The van der Waals surface area contributed by atoms with Gasteiger partial charge in [0.25, 0.3) is 0 Å². The summed E-state index contributed by atoms with van der Waals surface area (Å²) in [5, 5.41) is 30.6. The summed E-state index contributed by atoms with van der Waals surface area (Å²) in [6, 6.07) is 5.24. The zero-order valence-electron chi connectivity index (χ0n) is 21.3. The van der Waals surface area contributed by atoms with Crippen LogP contribution in [0.2, 0.25) is 0 Å². The topological polar surface area (TPSA) is 60.7 Å². The van der Waals surface area contributed by atoms with Crippen LogP contribution in [0.15, 0.2) is 30.9 Å². The molecule has 0 bridgehead atoms. The van der Waals surface area contributed by atoms with Crippen LogP contribution in [0.1, 0.15) is 75.3 Å². The molecule has 0 saturated heterocycles. The molecule has 2 saturated carbocycles. The summed E-state index contributed by atoms with van der Waals surface area (Å²) in [4.78, 5) is 0. The maximum Gasteiger partial charge on any atom is 0.459 e. The molecule has 3 aliphatic carbocycles. The highest BCUT2D eigenvalue weighted by Gasteiger charge is 2.75. The predicted molar refractivity (Wildman–Crippen MR) is 127 cm³/mol. The van der Waals surface area contributed by atoms with Gasteiger partial charge in [-0.15, -0.1) is 6.58 Å². The number of phenolic OH excluding ortho intramolecular Hbond substituents is 1. The zero-order chi connectivity index (χ0) is 28.3. The molecule has 3 nitrogen and oxygen atoms in total. The van der Waals surface area contributed by atoms with E-state index in [1.54, 1.807) is 12.1 Å². The Labute approximate surface area is 217 Å². The van der Waals surface area contributed by atoms with Crippen molar-refractivity contribution in [2.45, 2.75) is 101 Å². The first-order valence-corrected chi connectivity index (χ1v) is 13.2. The Morgan fingerprint density at radius 2 is 1.79 bits per heavy atom. The van der Waals surface area contributed by atoms with Gasteiger partial charge in [0.15, 0.2) is 0 Å². The Kier molecular flexibility index (Phi) is 7.43. The number of fused-ring (bicyclic) bond motifs is 5. The minimum Gasteiger partial charge on any atom is -0.508 e. The van der Waals surface area contributed by atoms with Crippen LogP contribution in [0.25, 0.3) is 0 Å². The number of phenols is 1. The van der Waals surface area contributed by atoms with E-state index in [4.69, 9.17) is 0 Å². The molecule has 0 radical (unpaired) electrons. The van der Waals surface area contributed by atoms with Crippen LogP contribution in [-0.2, 0) is 6.42 Å². The third-order valence-electron chi connectivity index (χ3n) is 9.85. The van der Waals surface area contributed by atoms with Gasteiger partial charge in [-0.1, -0.05) is 31.9 Å². The van der Waals surface area contributed by atoms with Gasteiger partial charge in [-0.2, -0.15) is 30.7 Å². The summed E-state index contributed by atoms with van der Waals surface area (Å²) in [7, 11) is 0. The van der Waals surface area contributed by atoms with E-state index in [1.807, 2.05) is 12.1 Å². The Hall–Kier alpha value is -1.81. The van der Waals surface area contributed by atoms with Gasteiger partial charge in [-0.05, 0) is 96.8 Å². The molecule has 1 aromatic carbocycles. The molecule has 2 fully saturated rings. The number of aliphatic hydroxyl groups excluding tert-OH is 2. The SMILES string of the molecule is C=C[C@@]12CCc3cc(O)ccc3[C@H]1[C@@H](CCCCC(O)C(F)(F)C(F)(F)C(F)(F)F)C[C@@]1(C)[C@H]2CC[C@@H]1O. The number of unbranched alkanes of at least 4 members (excludes halogenated alkanes) is 1. The minimum absolute atomic E-state index is 0.0337. The second kappa shape index (κ2) is 9.68. The Bertz CT molecular complexity index is 1040. The van der Waals surface area contributed by atoms with Gasteiger partial charge >= 0.3 is 18.0 Å². The molecule has 7 atom stereocenters. The average Bonchev–Trinajstić information content (AvgIpc) is 3.14. The van der Waals surface area contributed by atoms with Gasteiger partial charge in [-0.25, -0.2) is 0 Å². The van der Waals surface area contributed by atoms with Crippen molar-refractivity contribution in [3.63, 3.8) is 0 Å². The van der Waals surface area contributed by atoms with Crippen molar-refractivity contribution in [2.24, 2.45) is 22.7 Å². The van der Waals surface area contributed by atoms with Crippen LogP contribution in [0.4, 0.5) is 30.7 Å². The summed E-state index contributed by atoms with van der Waals surface area (Å²) in [6.07, 6.45) is -4.99. The normalized spacial score (nSPS) is 34.3. The van der Waals surface area contributed by atoms with Crippen LogP contribution in [0.3, 0.4) is 0 Å². The summed E-state index contributed by atoms with van der Waals surface area (Å²) in [5.74, 6) is -11.8. The van der Waals surface area contributed by atoms with E-state index in [2.05, 4.69) is 13.5 Å². The van der Waals surface area contributed by atoms with Crippen LogP contribution in [-0.4, -0.2) is 45.5 Å². The first kappa shape index (κ1) is 29.2. The number of benzene rings is 1. The number of hydrogen-bond acceptors (Lipinski definition) is 3. The van der Waals surface area contributed by atoms with Crippen LogP contribution < -0.4 is 0 Å². The molecule has 1 aromatic rings. The lowest BCUT2D eigenvalue weighted by Gasteiger charge is -2.60. The summed E-state index contributed by atoms with van der Waals surface area (Å²) in [6.45, 7) is 6.24. The van der Waals surface area contributed by atoms with Crippen molar-refractivity contribution in [1.29, 1.82) is 0 Å². The van der Waals surface area contributed by atoms with E-state index < -0.39 is 42.1 Å². The monoisotopic (exact) mass is 552 g/mol. The number of alkyl halides is 7. The fourth-order valence-corrected chi connectivity index (χ4v) is 8.02. The smallest absolute Gasteiger partial charge is 0.459 e. The van der Waals surface area contributed by atoms with E-state index in [1.165, 1.54) is 0 Å². The summed E-state index contributed by atoms with van der Waals surface area (Å²) < 4.78 is 91.8. The third-order valence-corrected chi connectivity index (χ3v) is 9.85. The standard InChI is InChI=1S/C28H35F7O3/c1-3-25-13-12-16-14-18(36)8-9-19(16)23(25)17(15-24(2)20(25)10-11-21(24)37)6-4-5-7-22(38)26(29,30)27(31,32)28(33,34)35/h3,8-9,14,17,20-23,36-38H,1,4-7,10-13,15H2,2H3/t17-,20+,21-,22?,23+,24-,25-/m0/s1. The Balaban J connectivity index is 1.55. The van der Waals surface area contributed by atoms with E-state index in [0.29, 0.717) is 19.3 Å². The molecule has 3 N–H and O–H groups in total. The number of aromatic hydroxyl groups is 1. The van der Waals surface area contributed by atoms with Crippen molar-refractivity contribution in [3.05, 3.63) is 42.0 Å². The van der Waals surface area contributed by atoms with Gasteiger partial charge in [0, 0.05) is 0 Å². The van der Waals surface area contributed by atoms with Crippen LogP contribution in [0.5, 0.6) is 5.75 Å². The maximum atomic E-state index is 13.8. The van der Waals surface area contributed by atoms with Gasteiger partial charge in [0.2, 0.25) is 0 Å². The van der Waals surface area contributed by atoms with Gasteiger partial charge < -0.3 is 15.3 Å². The number of aryl methyl sites for hydroxylation is 1.